The Hall–Kier alpha value is -2.88. The van der Waals surface area contributed by atoms with E-state index in [1.54, 1.807) is 32.4 Å². The average molecular weight is 592 g/mol. The number of aryl methyl sites for hydroxylation is 2. The van der Waals surface area contributed by atoms with Gasteiger partial charge < -0.3 is 18.9 Å². The fraction of sp³-hybridized carbons (Fsp3) is 0.643. The number of aromatic nitrogens is 4. The topological polar surface area (TPSA) is 159 Å². The third kappa shape index (κ3) is 7.74. The van der Waals surface area contributed by atoms with Gasteiger partial charge in [0.1, 0.15) is 18.6 Å². The molecule has 2 saturated heterocycles. The largest absolute Gasteiger partial charge is 0.376 e. The van der Waals surface area contributed by atoms with Crippen molar-refractivity contribution in [2.75, 3.05) is 26.8 Å². The number of aromatic amines is 2. The van der Waals surface area contributed by atoms with Gasteiger partial charge in [-0.1, -0.05) is 0 Å². The highest BCUT2D eigenvalue weighted by Crippen LogP contribution is 2.33. The van der Waals surface area contributed by atoms with Crippen LogP contribution in [0.4, 0.5) is 0 Å². The van der Waals surface area contributed by atoms with Gasteiger partial charge in [0.15, 0.2) is 0 Å². The molecule has 4 heterocycles. The second-order valence-electron chi connectivity index (χ2n) is 11.3. The van der Waals surface area contributed by atoms with E-state index in [0.717, 1.165) is 0 Å². The maximum atomic E-state index is 12.5. The maximum absolute atomic E-state index is 12.5. The van der Waals surface area contributed by atoms with Gasteiger partial charge in [-0.25, -0.2) is 9.59 Å². The standard InChI is InChI=1S/C28H41N5O9/c1-15(2)38-13-21-19(8-23(41-21)32-10-17(5)25(34)29-27(32)36)12-31(7)39-14-22-20(40-16(3)4)9-24(42-22)33-11-18(6)26(35)30-28(33)37/h8-11,15-16,19-24H,12-14H2,1-7H3,(H,29,34,36)(H,30,35,37)/t19?,20?,21-,22-,23-,24-/m1/s1. The van der Waals surface area contributed by atoms with Crippen LogP contribution >= 0.6 is 0 Å². The fourth-order valence-corrected chi connectivity index (χ4v) is 4.88. The van der Waals surface area contributed by atoms with Crippen molar-refractivity contribution in [1.82, 2.24) is 24.2 Å². The van der Waals surface area contributed by atoms with Crippen molar-refractivity contribution in [1.29, 1.82) is 0 Å². The normalized spacial score (nSPS) is 26.2. The zero-order chi connectivity index (χ0) is 30.7. The van der Waals surface area contributed by atoms with Gasteiger partial charge in [0.05, 0.1) is 37.6 Å². The minimum atomic E-state index is -0.746. The molecule has 0 bridgehead atoms. The van der Waals surface area contributed by atoms with Crippen LogP contribution in [0, 0.1) is 32.6 Å². The van der Waals surface area contributed by atoms with Crippen molar-refractivity contribution >= 4 is 0 Å². The van der Waals surface area contributed by atoms with Crippen molar-refractivity contribution in [2.45, 2.75) is 84.5 Å². The molecular formula is C28H41N5O9. The first-order chi connectivity index (χ1) is 19.8. The molecule has 2 aromatic heterocycles. The van der Waals surface area contributed by atoms with Crippen molar-refractivity contribution < 1.29 is 23.8 Å². The molecule has 0 aromatic carbocycles. The molecule has 42 heavy (non-hydrogen) atoms. The van der Waals surface area contributed by atoms with Crippen molar-refractivity contribution in [3.05, 3.63) is 78.0 Å². The highest BCUT2D eigenvalue weighted by atomic mass is 16.7. The zero-order valence-corrected chi connectivity index (χ0v) is 25.1. The van der Waals surface area contributed by atoms with Gasteiger partial charge in [-0.15, -0.1) is 0 Å². The van der Waals surface area contributed by atoms with E-state index in [4.69, 9.17) is 23.8 Å². The minimum absolute atomic E-state index is 0.0133. The minimum Gasteiger partial charge on any atom is -0.376 e. The lowest BCUT2D eigenvalue weighted by molar-refractivity contribution is -0.191. The van der Waals surface area contributed by atoms with Crippen molar-refractivity contribution in [2.24, 2.45) is 5.92 Å². The van der Waals surface area contributed by atoms with Gasteiger partial charge >= 0.3 is 11.4 Å². The molecule has 14 heteroatoms. The van der Waals surface area contributed by atoms with Crippen LogP contribution in [0.3, 0.4) is 0 Å². The van der Waals surface area contributed by atoms with Gasteiger partial charge in [-0.3, -0.25) is 33.5 Å². The number of hydrogen-bond donors (Lipinski definition) is 2. The number of hydrogen-bond acceptors (Lipinski definition) is 10. The highest BCUT2D eigenvalue weighted by Gasteiger charge is 2.41. The quantitative estimate of drug-likeness (QED) is 0.335. The molecule has 0 amide bonds. The summed E-state index contributed by atoms with van der Waals surface area (Å²) in [5.41, 5.74) is -1.24. The Balaban J connectivity index is 1.43. The summed E-state index contributed by atoms with van der Waals surface area (Å²) in [7, 11) is 1.78. The number of nitrogens with one attached hydrogen (secondary N) is 2. The smallest absolute Gasteiger partial charge is 0.330 e. The van der Waals surface area contributed by atoms with Crippen LogP contribution in [0.1, 0.15) is 51.3 Å². The summed E-state index contributed by atoms with van der Waals surface area (Å²) >= 11 is 0. The monoisotopic (exact) mass is 591 g/mol. The number of ether oxygens (including phenoxy) is 4. The molecule has 2 N–H and O–H groups in total. The molecule has 14 nitrogen and oxygen atoms in total. The van der Waals surface area contributed by atoms with Gasteiger partial charge in [-0.2, -0.15) is 5.06 Å². The molecule has 2 aliphatic rings. The Morgan fingerprint density at radius 3 is 1.93 bits per heavy atom. The number of nitrogens with zero attached hydrogens (tertiary/aromatic N) is 3. The summed E-state index contributed by atoms with van der Waals surface area (Å²) in [6, 6.07) is 0. The Morgan fingerprint density at radius 2 is 1.38 bits per heavy atom. The van der Waals surface area contributed by atoms with Gasteiger partial charge in [-0.05, 0) is 41.5 Å². The second-order valence-corrected chi connectivity index (χ2v) is 11.3. The second kappa shape index (κ2) is 13.6. The molecule has 2 unspecified atom stereocenters. The summed E-state index contributed by atoms with van der Waals surface area (Å²) in [6.07, 6.45) is 3.72. The van der Waals surface area contributed by atoms with E-state index in [1.807, 2.05) is 34.1 Å². The molecule has 0 saturated carbocycles. The predicted octanol–water partition coefficient (Wildman–Crippen LogP) is 0.605. The molecule has 2 radical (unpaired) electrons. The van der Waals surface area contributed by atoms with E-state index in [1.165, 1.54) is 21.5 Å². The lowest BCUT2D eigenvalue weighted by Gasteiger charge is -2.26. The van der Waals surface area contributed by atoms with E-state index in [9.17, 15) is 19.2 Å². The van der Waals surface area contributed by atoms with Crippen molar-refractivity contribution in [3.63, 3.8) is 0 Å². The SMILES string of the molecule is Cc1cn([C@H]2[CH]C(CN(C)OC[C@H]3O[C@@H](n4cc(C)c(=O)[nH]c4=O)[CH]C3OC(C)C)[C@@H](COC(C)C)O2)c(=O)[nH]c1=O. The first-order valence-corrected chi connectivity index (χ1v) is 14.1. The Labute approximate surface area is 243 Å². The summed E-state index contributed by atoms with van der Waals surface area (Å²) in [4.78, 5) is 59.3. The summed E-state index contributed by atoms with van der Waals surface area (Å²) in [6.45, 7) is 11.8. The summed E-state index contributed by atoms with van der Waals surface area (Å²) < 4.78 is 26.9. The molecule has 0 spiro atoms. The maximum Gasteiger partial charge on any atom is 0.330 e. The zero-order valence-electron chi connectivity index (χ0n) is 25.1. The molecule has 2 fully saturated rings. The van der Waals surface area contributed by atoms with Crippen LogP contribution in [0.2, 0.25) is 0 Å². The van der Waals surface area contributed by atoms with E-state index >= 15 is 0 Å². The first-order valence-electron chi connectivity index (χ1n) is 14.1. The van der Waals surface area contributed by atoms with Crippen LogP contribution < -0.4 is 22.5 Å². The van der Waals surface area contributed by atoms with E-state index in [-0.39, 0.29) is 30.8 Å². The van der Waals surface area contributed by atoms with E-state index < -0.39 is 47.2 Å². The molecule has 6 atom stereocenters. The van der Waals surface area contributed by atoms with Crippen molar-refractivity contribution in [3.8, 4) is 0 Å². The molecule has 2 aromatic rings. The van der Waals surface area contributed by atoms with E-state index in [0.29, 0.717) is 24.3 Å². The third-order valence-corrected chi connectivity index (χ3v) is 7.03. The summed E-state index contributed by atoms with van der Waals surface area (Å²) in [5.74, 6) is -0.174. The molecule has 2 aliphatic heterocycles. The van der Waals surface area contributed by atoms with Gasteiger partial charge in [0.25, 0.3) is 11.1 Å². The van der Waals surface area contributed by atoms with Crippen LogP contribution in [0.25, 0.3) is 0 Å². The van der Waals surface area contributed by atoms with Crippen LogP contribution in [0.5, 0.6) is 0 Å². The number of rotatable bonds is 12. The first kappa shape index (κ1) is 32.0. The Kier molecular flexibility index (Phi) is 10.4. The molecule has 4 rings (SSSR count). The highest BCUT2D eigenvalue weighted by molar-refractivity contribution is 5.06. The van der Waals surface area contributed by atoms with E-state index in [2.05, 4.69) is 9.97 Å². The van der Waals surface area contributed by atoms with Crippen LogP contribution in [-0.2, 0) is 23.8 Å². The summed E-state index contributed by atoms with van der Waals surface area (Å²) in [5, 5.41) is 1.66. The number of H-pyrrole nitrogens is 2. The van der Waals surface area contributed by atoms with Crippen LogP contribution in [0.15, 0.2) is 31.6 Å². The molecule has 0 aliphatic carbocycles. The Bertz CT molecular complexity index is 1440. The molecule has 232 valence electrons. The Morgan fingerprint density at radius 1 is 0.833 bits per heavy atom. The average Bonchev–Trinajstić information content (AvgIpc) is 3.49. The lowest BCUT2D eigenvalue weighted by atomic mass is 10.0. The third-order valence-electron chi connectivity index (χ3n) is 7.03. The lowest BCUT2D eigenvalue weighted by Crippen LogP contribution is -2.37. The predicted molar refractivity (Wildman–Crippen MR) is 152 cm³/mol. The van der Waals surface area contributed by atoms with Crippen LogP contribution in [-0.4, -0.2) is 81.5 Å². The van der Waals surface area contributed by atoms with Gasteiger partial charge in [0, 0.05) is 55.9 Å². The fourth-order valence-electron chi connectivity index (χ4n) is 4.88. The molecular weight excluding hydrogens is 550 g/mol. The number of hydroxylamine groups is 2. The van der Waals surface area contributed by atoms with Gasteiger partial charge in [0.2, 0.25) is 0 Å².